The van der Waals surface area contributed by atoms with E-state index in [0.717, 1.165) is 23.3 Å². The number of nitrogens with zero attached hydrogens (tertiary/aromatic N) is 2. The van der Waals surface area contributed by atoms with Gasteiger partial charge < -0.3 is 24.0 Å². The lowest BCUT2D eigenvalue weighted by atomic mass is 10.1. The van der Waals surface area contributed by atoms with Crippen molar-refractivity contribution >= 4 is 18.0 Å². The standard InChI is InChI=1S/C27H34N2O6/c1-4-33-27(32)35-23-13-11-22(12-14-23)26(31)29-16-7-15-28(17-18-29)24(30)10-6-19-34-25-20(2)8-5-9-21(25)3/h5,8-9,11-14H,4,6-7,10,15-19H2,1-3H3. The third-order valence-corrected chi connectivity index (χ3v) is 5.89. The number of hydrogen-bond acceptors (Lipinski definition) is 6. The van der Waals surface area contributed by atoms with Crippen LogP contribution < -0.4 is 9.47 Å². The van der Waals surface area contributed by atoms with Crippen molar-refractivity contribution in [2.45, 2.75) is 40.0 Å². The highest BCUT2D eigenvalue weighted by Crippen LogP contribution is 2.22. The molecular formula is C27H34N2O6. The normalized spacial score (nSPS) is 13.7. The van der Waals surface area contributed by atoms with Crippen LogP contribution in [0.5, 0.6) is 11.5 Å². The molecule has 0 spiro atoms. The molecule has 1 saturated heterocycles. The van der Waals surface area contributed by atoms with E-state index in [4.69, 9.17) is 14.2 Å². The first-order valence-corrected chi connectivity index (χ1v) is 12.1. The van der Waals surface area contributed by atoms with Crippen LogP contribution >= 0.6 is 0 Å². The Balaban J connectivity index is 1.44. The molecule has 3 rings (SSSR count). The molecule has 35 heavy (non-hydrogen) atoms. The van der Waals surface area contributed by atoms with Crippen LogP contribution in [0.15, 0.2) is 42.5 Å². The van der Waals surface area contributed by atoms with Gasteiger partial charge in [-0.2, -0.15) is 0 Å². The summed E-state index contributed by atoms with van der Waals surface area (Å²) in [6.45, 7) is 8.65. The number of benzene rings is 2. The van der Waals surface area contributed by atoms with Crippen LogP contribution in [0.2, 0.25) is 0 Å². The first kappa shape index (κ1) is 26.1. The molecule has 2 aromatic rings. The van der Waals surface area contributed by atoms with Crippen LogP contribution in [0, 0.1) is 13.8 Å². The van der Waals surface area contributed by atoms with E-state index in [1.165, 1.54) is 0 Å². The zero-order valence-corrected chi connectivity index (χ0v) is 20.7. The zero-order chi connectivity index (χ0) is 25.2. The van der Waals surface area contributed by atoms with Gasteiger partial charge in [0.2, 0.25) is 5.91 Å². The Kier molecular flexibility index (Phi) is 9.52. The first-order valence-electron chi connectivity index (χ1n) is 12.1. The Hall–Kier alpha value is -3.55. The third-order valence-electron chi connectivity index (χ3n) is 5.89. The van der Waals surface area contributed by atoms with E-state index < -0.39 is 6.16 Å². The van der Waals surface area contributed by atoms with Gasteiger partial charge in [0.1, 0.15) is 11.5 Å². The van der Waals surface area contributed by atoms with E-state index in [2.05, 4.69) is 0 Å². The minimum atomic E-state index is -0.777. The van der Waals surface area contributed by atoms with E-state index in [1.54, 1.807) is 36.1 Å². The molecule has 1 heterocycles. The zero-order valence-electron chi connectivity index (χ0n) is 20.7. The fourth-order valence-electron chi connectivity index (χ4n) is 4.04. The molecule has 0 bridgehead atoms. The number of carbonyl (C=O) groups excluding carboxylic acids is 3. The predicted octanol–water partition coefficient (Wildman–Crippen LogP) is 4.37. The fraction of sp³-hybridized carbons (Fsp3) is 0.444. The predicted molar refractivity (Wildman–Crippen MR) is 132 cm³/mol. The summed E-state index contributed by atoms with van der Waals surface area (Å²) in [6.07, 6.45) is 1.01. The molecule has 0 aromatic heterocycles. The van der Waals surface area contributed by atoms with E-state index >= 15 is 0 Å². The van der Waals surface area contributed by atoms with Crippen LogP contribution in [0.4, 0.5) is 4.79 Å². The maximum absolute atomic E-state index is 12.9. The van der Waals surface area contributed by atoms with Crippen LogP contribution in [-0.2, 0) is 9.53 Å². The molecule has 0 aliphatic carbocycles. The molecule has 0 atom stereocenters. The highest BCUT2D eigenvalue weighted by Gasteiger charge is 2.23. The summed E-state index contributed by atoms with van der Waals surface area (Å²) in [5, 5.41) is 0. The molecule has 1 aliphatic rings. The molecule has 0 radical (unpaired) electrons. The van der Waals surface area contributed by atoms with Gasteiger partial charge in [0, 0.05) is 38.2 Å². The molecule has 0 saturated carbocycles. The SMILES string of the molecule is CCOC(=O)Oc1ccc(C(=O)N2CCCN(C(=O)CCCOc3c(C)cccc3C)CC2)cc1. The highest BCUT2D eigenvalue weighted by atomic mass is 16.7. The lowest BCUT2D eigenvalue weighted by molar-refractivity contribution is -0.131. The summed E-state index contributed by atoms with van der Waals surface area (Å²) in [7, 11) is 0. The van der Waals surface area contributed by atoms with E-state index in [0.29, 0.717) is 56.9 Å². The second-order valence-electron chi connectivity index (χ2n) is 8.51. The van der Waals surface area contributed by atoms with Gasteiger partial charge in [-0.25, -0.2) is 4.79 Å². The summed E-state index contributed by atoms with van der Waals surface area (Å²) in [4.78, 5) is 40.7. The molecule has 1 fully saturated rings. The van der Waals surface area contributed by atoms with Crippen molar-refractivity contribution in [1.82, 2.24) is 9.80 Å². The summed E-state index contributed by atoms with van der Waals surface area (Å²) >= 11 is 0. The third kappa shape index (κ3) is 7.47. The van der Waals surface area contributed by atoms with Crippen molar-refractivity contribution in [3.05, 3.63) is 59.2 Å². The largest absolute Gasteiger partial charge is 0.513 e. The van der Waals surface area contributed by atoms with Gasteiger partial charge in [-0.05, 0) is 69.0 Å². The van der Waals surface area contributed by atoms with E-state index in [9.17, 15) is 14.4 Å². The van der Waals surface area contributed by atoms with E-state index in [-0.39, 0.29) is 18.4 Å². The Labute approximate surface area is 206 Å². The van der Waals surface area contributed by atoms with Crippen LogP contribution in [0.25, 0.3) is 0 Å². The Morgan fingerprint density at radius 1 is 0.886 bits per heavy atom. The molecule has 0 unspecified atom stereocenters. The van der Waals surface area contributed by atoms with Crippen molar-refractivity contribution in [3.63, 3.8) is 0 Å². The number of rotatable bonds is 8. The lowest BCUT2D eigenvalue weighted by Gasteiger charge is -2.22. The van der Waals surface area contributed by atoms with Crippen molar-refractivity contribution < 1.29 is 28.6 Å². The number of hydrogen-bond donors (Lipinski definition) is 0. The maximum Gasteiger partial charge on any atom is 0.513 e. The second-order valence-corrected chi connectivity index (χ2v) is 8.51. The molecule has 1 aliphatic heterocycles. The molecule has 2 aromatic carbocycles. The Bertz CT molecular complexity index is 1000. The summed E-state index contributed by atoms with van der Waals surface area (Å²) < 4.78 is 15.7. The average molecular weight is 483 g/mol. The van der Waals surface area contributed by atoms with Gasteiger partial charge >= 0.3 is 6.16 Å². The number of amides is 2. The van der Waals surface area contributed by atoms with Crippen molar-refractivity contribution in [3.8, 4) is 11.5 Å². The Morgan fingerprint density at radius 2 is 1.54 bits per heavy atom. The van der Waals surface area contributed by atoms with Crippen LogP contribution in [0.3, 0.4) is 0 Å². The highest BCUT2D eigenvalue weighted by molar-refractivity contribution is 5.94. The summed E-state index contributed by atoms with van der Waals surface area (Å²) in [5.41, 5.74) is 2.69. The quantitative estimate of drug-likeness (QED) is 0.316. The van der Waals surface area contributed by atoms with Crippen LogP contribution in [0.1, 0.15) is 47.7 Å². The fourth-order valence-corrected chi connectivity index (χ4v) is 4.04. The molecule has 8 heteroatoms. The first-order chi connectivity index (χ1) is 16.9. The Morgan fingerprint density at radius 3 is 2.23 bits per heavy atom. The van der Waals surface area contributed by atoms with Crippen molar-refractivity contribution in [2.75, 3.05) is 39.4 Å². The minimum absolute atomic E-state index is 0.0878. The average Bonchev–Trinajstić information content (AvgIpc) is 3.10. The summed E-state index contributed by atoms with van der Waals surface area (Å²) in [5.74, 6) is 1.19. The molecular weight excluding hydrogens is 448 g/mol. The number of para-hydroxylation sites is 1. The van der Waals surface area contributed by atoms with Gasteiger partial charge in [-0.3, -0.25) is 9.59 Å². The van der Waals surface area contributed by atoms with Crippen LogP contribution in [-0.4, -0.2) is 67.2 Å². The number of carbonyl (C=O) groups is 3. The molecule has 2 amide bonds. The maximum atomic E-state index is 12.9. The van der Waals surface area contributed by atoms with Gasteiger partial charge in [0.25, 0.3) is 5.91 Å². The number of aryl methyl sites for hydroxylation is 2. The van der Waals surface area contributed by atoms with Gasteiger partial charge in [-0.1, -0.05) is 18.2 Å². The minimum Gasteiger partial charge on any atom is -0.493 e. The van der Waals surface area contributed by atoms with Crippen molar-refractivity contribution in [2.24, 2.45) is 0 Å². The molecule has 0 N–H and O–H groups in total. The summed E-state index contributed by atoms with van der Waals surface area (Å²) in [6, 6.07) is 12.4. The topological polar surface area (TPSA) is 85.4 Å². The monoisotopic (exact) mass is 482 g/mol. The lowest BCUT2D eigenvalue weighted by Crippen LogP contribution is -2.37. The van der Waals surface area contributed by atoms with Crippen molar-refractivity contribution in [1.29, 1.82) is 0 Å². The second kappa shape index (κ2) is 12.8. The van der Waals surface area contributed by atoms with Gasteiger partial charge in [0.15, 0.2) is 0 Å². The van der Waals surface area contributed by atoms with E-state index in [1.807, 2.05) is 36.9 Å². The smallest absolute Gasteiger partial charge is 0.493 e. The molecule has 8 nitrogen and oxygen atoms in total. The molecule has 188 valence electrons. The van der Waals surface area contributed by atoms with Gasteiger partial charge in [0.05, 0.1) is 13.2 Å². The number of ether oxygens (including phenoxy) is 3. The van der Waals surface area contributed by atoms with Gasteiger partial charge in [-0.15, -0.1) is 0 Å².